The maximum atomic E-state index is 3.66. The van der Waals surface area contributed by atoms with Crippen LogP contribution < -0.4 is 5.32 Å². The number of allylic oxidation sites excluding steroid dienone is 1. The lowest BCUT2D eigenvalue weighted by Gasteiger charge is -1.99. The number of rotatable bonds is 2. The van der Waals surface area contributed by atoms with E-state index in [0.29, 0.717) is 0 Å². The molecule has 1 nitrogen and oxygen atoms in total. The SMILES string of the molecule is C=C(C)C(=C)NC. The third-order valence-electron chi connectivity index (χ3n) is 0.817. The van der Waals surface area contributed by atoms with Gasteiger partial charge >= 0.3 is 0 Å². The summed E-state index contributed by atoms with van der Waals surface area (Å²) in [5.41, 5.74) is 1.89. The van der Waals surface area contributed by atoms with Crippen molar-refractivity contribution in [1.29, 1.82) is 0 Å². The van der Waals surface area contributed by atoms with Crippen LogP contribution in [0, 0.1) is 0 Å². The van der Waals surface area contributed by atoms with Gasteiger partial charge in [0, 0.05) is 12.7 Å². The summed E-state index contributed by atoms with van der Waals surface area (Å²) in [7, 11) is 1.83. The maximum Gasteiger partial charge on any atom is 0.0288 e. The highest BCUT2D eigenvalue weighted by Crippen LogP contribution is 1.95. The second-order valence-corrected chi connectivity index (χ2v) is 1.51. The van der Waals surface area contributed by atoms with Crippen LogP contribution in [0.5, 0.6) is 0 Å². The van der Waals surface area contributed by atoms with Crippen LogP contribution in [0.15, 0.2) is 24.4 Å². The predicted molar refractivity (Wildman–Crippen MR) is 33.0 cm³/mol. The van der Waals surface area contributed by atoms with Crippen molar-refractivity contribution in [3.05, 3.63) is 24.4 Å². The molecule has 0 aromatic rings. The van der Waals surface area contributed by atoms with Gasteiger partial charge in [0.2, 0.25) is 0 Å². The molecule has 0 amide bonds. The van der Waals surface area contributed by atoms with Gasteiger partial charge in [-0.05, 0) is 12.5 Å². The van der Waals surface area contributed by atoms with E-state index in [-0.39, 0.29) is 0 Å². The summed E-state index contributed by atoms with van der Waals surface area (Å²) in [5.74, 6) is 0. The van der Waals surface area contributed by atoms with Gasteiger partial charge in [-0.3, -0.25) is 0 Å². The predicted octanol–water partition coefficient (Wildman–Crippen LogP) is 1.30. The zero-order valence-corrected chi connectivity index (χ0v) is 4.91. The number of hydrogen-bond acceptors (Lipinski definition) is 1. The first-order chi connectivity index (χ1) is 3.18. The summed E-state index contributed by atoms with van der Waals surface area (Å²) in [6.07, 6.45) is 0. The summed E-state index contributed by atoms with van der Waals surface area (Å²) in [6, 6.07) is 0. The van der Waals surface area contributed by atoms with Crippen molar-refractivity contribution in [3.63, 3.8) is 0 Å². The molecule has 1 N–H and O–H groups in total. The Morgan fingerprint density at radius 3 is 1.86 bits per heavy atom. The van der Waals surface area contributed by atoms with Gasteiger partial charge in [-0.25, -0.2) is 0 Å². The molecule has 0 aromatic carbocycles. The molecule has 0 aromatic heterocycles. The van der Waals surface area contributed by atoms with E-state index >= 15 is 0 Å². The molecule has 0 aliphatic rings. The molecular weight excluding hydrogens is 86.1 g/mol. The van der Waals surface area contributed by atoms with Crippen LogP contribution in [0.4, 0.5) is 0 Å². The van der Waals surface area contributed by atoms with E-state index < -0.39 is 0 Å². The van der Waals surface area contributed by atoms with Crippen molar-refractivity contribution in [1.82, 2.24) is 5.32 Å². The minimum absolute atomic E-state index is 0.903. The van der Waals surface area contributed by atoms with E-state index in [4.69, 9.17) is 0 Å². The fourth-order valence-electron chi connectivity index (χ4n) is 0.213. The van der Waals surface area contributed by atoms with E-state index in [0.717, 1.165) is 11.3 Å². The molecule has 0 saturated heterocycles. The molecule has 0 saturated carbocycles. The van der Waals surface area contributed by atoms with Gasteiger partial charge in [-0.1, -0.05) is 13.2 Å². The molecule has 7 heavy (non-hydrogen) atoms. The van der Waals surface area contributed by atoms with Crippen molar-refractivity contribution in [2.75, 3.05) is 7.05 Å². The van der Waals surface area contributed by atoms with Crippen molar-refractivity contribution >= 4 is 0 Å². The van der Waals surface area contributed by atoms with Crippen molar-refractivity contribution < 1.29 is 0 Å². The Labute approximate surface area is 44.7 Å². The van der Waals surface area contributed by atoms with Crippen LogP contribution in [0.1, 0.15) is 6.92 Å². The molecule has 0 aliphatic carbocycles. The number of likely N-dealkylation sites (N-methyl/N-ethyl adjacent to an activating group) is 1. The Balaban J connectivity index is 3.58. The summed E-state index contributed by atoms with van der Waals surface area (Å²) >= 11 is 0. The molecule has 0 rings (SSSR count). The summed E-state index contributed by atoms with van der Waals surface area (Å²) in [6.45, 7) is 9.24. The maximum absolute atomic E-state index is 3.66. The van der Waals surface area contributed by atoms with Crippen LogP contribution in [-0.4, -0.2) is 7.05 Å². The molecule has 0 atom stereocenters. The highest BCUT2D eigenvalue weighted by atomic mass is 14.8. The number of nitrogens with one attached hydrogen (secondary N) is 1. The molecule has 0 radical (unpaired) electrons. The van der Waals surface area contributed by atoms with E-state index in [2.05, 4.69) is 18.5 Å². The summed E-state index contributed by atoms with van der Waals surface area (Å²) < 4.78 is 0. The minimum Gasteiger partial charge on any atom is -0.388 e. The molecule has 1 heteroatoms. The topological polar surface area (TPSA) is 12.0 Å². The first kappa shape index (κ1) is 6.28. The smallest absolute Gasteiger partial charge is 0.0288 e. The standard InChI is InChI=1S/C6H11N/c1-5(2)6(3)7-4/h7H,1,3H2,2,4H3. The lowest BCUT2D eigenvalue weighted by molar-refractivity contribution is 1.01. The number of hydrogen-bond donors (Lipinski definition) is 1. The molecule has 0 fully saturated rings. The van der Waals surface area contributed by atoms with E-state index in [1.165, 1.54) is 0 Å². The third kappa shape index (κ3) is 2.04. The Bertz CT molecular complexity index is 92.4. The van der Waals surface area contributed by atoms with Gasteiger partial charge in [0.25, 0.3) is 0 Å². The van der Waals surface area contributed by atoms with Gasteiger partial charge in [-0.2, -0.15) is 0 Å². The average Bonchev–Trinajstić information content (AvgIpc) is 1.65. The van der Waals surface area contributed by atoms with Crippen LogP contribution >= 0.6 is 0 Å². The largest absolute Gasteiger partial charge is 0.388 e. The Kier molecular flexibility index (Phi) is 2.20. The molecular formula is C6H11N. The Morgan fingerprint density at radius 1 is 1.43 bits per heavy atom. The van der Waals surface area contributed by atoms with E-state index in [9.17, 15) is 0 Å². The monoisotopic (exact) mass is 97.1 g/mol. The molecule has 0 bridgehead atoms. The lowest BCUT2D eigenvalue weighted by Crippen LogP contribution is -2.03. The molecule has 0 spiro atoms. The Morgan fingerprint density at radius 2 is 1.86 bits per heavy atom. The Hall–Kier alpha value is -0.720. The zero-order chi connectivity index (χ0) is 5.86. The highest BCUT2D eigenvalue weighted by molar-refractivity contribution is 5.19. The van der Waals surface area contributed by atoms with Crippen LogP contribution in [0.25, 0.3) is 0 Å². The molecule has 0 aliphatic heterocycles. The van der Waals surface area contributed by atoms with Crippen molar-refractivity contribution in [3.8, 4) is 0 Å². The molecule has 40 valence electrons. The van der Waals surface area contributed by atoms with Gasteiger partial charge < -0.3 is 5.32 Å². The normalized spacial score (nSPS) is 7.71. The van der Waals surface area contributed by atoms with Gasteiger partial charge in [0.15, 0.2) is 0 Å². The zero-order valence-electron chi connectivity index (χ0n) is 4.91. The van der Waals surface area contributed by atoms with Crippen LogP contribution in [0.3, 0.4) is 0 Å². The van der Waals surface area contributed by atoms with Gasteiger partial charge in [0.05, 0.1) is 0 Å². The second kappa shape index (κ2) is 2.45. The summed E-state index contributed by atoms with van der Waals surface area (Å²) in [4.78, 5) is 0. The fraction of sp³-hybridized carbons (Fsp3) is 0.333. The summed E-state index contributed by atoms with van der Waals surface area (Å²) in [5, 5.41) is 2.87. The highest BCUT2D eigenvalue weighted by Gasteiger charge is 1.83. The lowest BCUT2D eigenvalue weighted by atomic mass is 10.3. The van der Waals surface area contributed by atoms with Crippen molar-refractivity contribution in [2.24, 2.45) is 0 Å². The molecule has 0 heterocycles. The fourth-order valence-corrected chi connectivity index (χ4v) is 0.213. The van der Waals surface area contributed by atoms with Crippen LogP contribution in [0.2, 0.25) is 0 Å². The second-order valence-electron chi connectivity index (χ2n) is 1.51. The van der Waals surface area contributed by atoms with E-state index in [1.807, 2.05) is 14.0 Å². The van der Waals surface area contributed by atoms with Gasteiger partial charge in [0.1, 0.15) is 0 Å². The quantitative estimate of drug-likeness (QED) is 0.512. The van der Waals surface area contributed by atoms with Crippen molar-refractivity contribution in [2.45, 2.75) is 6.92 Å². The first-order valence-corrected chi connectivity index (χ1v) is 2.21. The first-order valence-electron chi connectivity index (χ1n) is 2.21. The molecule has 0 unspecified atom stereocenters. The third-order valence-corrected chi connectivity index (χ3v) is 0.817. The minimum atomic E-state index is 0.903. The average molecular weight is 97.2 g/mol. The van der Waals surface area contributed by atoms with Gasteiger partial charge in [-0.15, -0.1) is 0 Å². The van der Waals surface area contributed by atoms with Crippen LogP contribution in [-0.2, 0) is 0 Å². The van der Waals surface area contributed by atoms with E-state index in [1.54, 1.807) is 0 Å².